The van der Waals surface area contributed by atoms with E-state index >= 15 is 0 Å². The Balaban J connectivity index is 2.20. The Morgan fingerprint density at radius 3 is 2.43 bits per heavy atom. The van der Waals surface area contributed by atoms with Gasteiger partial charge in [-0.2, -0.15) is 5.10 Å². The molecule has 0 amide bonds. The Hall–Kier alpha value is -2.50. The monoisotopic (exact) mass is 284 g/mol. The predicted molar refractivity (Wildman–Crippen MR) is 86.0 cm³/mol. The fourth-order valence-corrected chi connectivity index (χ4v) is 2.59. The van der Waals surface area contributed by atoms with Gasteiger partial charge in [0.25, 0.3) is 0 Å². The molecule has 6 heteroatoms. The molecule has 0 bridgehead atoms. The van der Waals surface area contributed by atoms with Crippen LogP contribution in [-0.4, -0.2) is 33.4 Å². The van der Waals surface area contributed by atoms with Crippen LogP contribution in [0.1, 0.15) is 12.6 Å². The molecular weight excluding hydrogens is 264 g/mol. The van der Waals surface area contributed by atoms with Crippen molar-refractivity contribution in [2.45, 2.75) is 13.3 Å². The maximum atomic E-state index is 6.12. The van der Waals surface area contributed by atoms with Gasteiger partial charge in [0.1, 0.15) is 5.52 Å². The van der Waals surface area contributed by atoms with E-state index < -0.39 is 0 Å². The van der Waals surface area contributed by atoms with Crippen molar-refractivity contribution in [1.29, 1.82) is 0 Å². The Morgan fingerprint density at radius 1 is 1.19 bits per heavy atom. The number of nitrogens with two attached hydrogens (primary N) is 1. The zero-order valence-corrected chi connectivity index (χ0v) is 12.8. The first-order valence-electron chi connectivity index (χ1n) is 7.00. The molecule has 2 N–H and O–H groups in total. The molecule has 2 aromatic heterocycles. The van der Waals surface area contributed by atoms with Gasteiger partial charge in [-0.05, 0) is 30.7 Å². The van der Waals surface area contributed by atoms with Gasteiger partial charge in [0.15, 0.2) is 5.65 Å². The normalized spacial score (nSPS) is 11.2. The summed E-state index contributed by atoms with van der Waals surface area (Å²) in [5.74, 6) is 0.491. The first kappa shape index (κ1) is 13.5. The topological polar surface area (TPSA) is 64.9 Å². The summed E-state index contributed by atoms with van der Waals surface area (Å²) in [5.41, 5.74) is 11.0. The minimum atomic E-state index is 0.491. The number of hydrogen-bond acceptors (Lipinski definition) is 4. The van der Waals surface area contributed by atoms with E-state index in [-0.39, 0.29) is 0 Å². The summed E-state index contributed by atoms with van der Waals surface area (Å²) < 4.78 is 3.79. The van der Waals surface area contributed by atoms with E-state index in [1.165, 1.54) is 0 Å². The molecule has 0 atom stereocenters. The van der Waals surface area contributed by atoms with E-state index in [2.05, 4.69) is 34.0 Å². The van der Waals surface area contributed by atoms with Gasteiger partial charge >= 0.3 is 0 Å². The second-order valence-electron chi connectivity index (χ2n) is 5.31. The number of fused-ring (bicyclic) bond motifs is 1. The van der Waals surface area contributed by atoms with E-state index in [9.17, 15) is 0 Å². The van der Waals surface area contributed by atoms with E-state index in [4.69, 9.17) is 5.73 Å². The van der Waals surface area contributed by atoms with Gasteiger partial charge in [0.05, 0.1) is 11.4 Å². The highest BCUT2D eigenvalue weighted by Gasteiger charge is 2.18. The molecule has 0 saturated carbocycles. The largest absolute Gasteiger partial charge is 0.378 e. The van der Waals surface area contributed by atoms with Gasteiger partial charge in [-0.1, -0.05) is 6.92 Å². The van der Waals surface area contributed by atoms with Crippen LogP contribution in [0.15, 0.2) is 24.3 Å². The molecule has 6 nitrogen and oxygen atoms in total. The highest BCUT2D eigenvalue weighted by molar-refractivity contribution is 5.80. The molecule has 0 spiro atoms. The molecule has 21 heavy (non-hydrogen) atoms. The molecule has 0 saturated heterocycles. The van der Waals surface area contributed by atoms with Crippen molar-refractivity contribution >= 4 is 22.8 Å². The number of imidazole rings is 1. The summed E-state index contributed by atoms with van der Waals surface area (Å²) in [4.78, 5) is 6.55. The van der Waals surface area contributed by atoms with Crippen molar-refractivity contribution in [3.05, 3.63) is 30.0 Å². The number of nitrogens with zero attached hydrogens (tertiary/aromatic N) is 5. The van der Waals surface area contributed by atoms with Crippen LogP contribution in [0.2, 0.25) is 0 Å². The van der Waals surface area contributed by atoms with Gasteiger partial charge in [0, 0.05) is 26.8 Å². The van der Waals surface area contributed by atoms with Crippen LogP contribution in [0.25, 0.3) is 16.9 Å². The molecule has 0 aliphatic carbocycles. The van der Waals surface area contributed by atoms with Crippen molar-refractivity contribution in [2.24, 2.45) is 7.05 Å². The fourth-order valence-electron chi connectivity index (χ4n) is 2.59. The molecule has 3 rings (SSSR count). The Bertz CT molecular complexity index is 779. The highest BCUT2D eigenvalue weighted by Crippen LogP contribution is 2.26. The standard InChI is InChI=1S/C15H20N6/c1-5-12-13-14(20(4)18-12)21(15(16)17-13)11-8-6-10(7-9-11)19(2)3/h6-9H,5H2,1-4H3,(H2,16,17). The number of rotatable bonds is 3. The third kappa shape index (κ3) is 2.03. The minimum Gasteiger partial charge on any atom is -0.378 e. The van der Waals surface area contributed by atoms with Gasteiger partial charge in [0.2, 0.25) is 5.95 Å². The lowest BCUT2D eigenvalue weighted by Crippen LogP contribution is -2.09. The van der Waals surface area contributed by atoms with E-state index in [1.54, 1.807) is 0 Å². The van der Waals surface area contributed by atoms with Crippen LogP contribution < -0.4 is 10.6 Å². The molecule has 0 aliphatic rings. The summed E-state index contributed by atoms with van der Waals surface area (Å²) in [5, 5.41) is 4.51. The second-order valence-corrected chi connectivity index (χ2v) is 5.31. The van der Waals surface area contributed by atoms with Crippen LogP contribution >= 0.6 is 0 Å². The second kappa shape index (κ2) is 4.80. The number of benzene rings is 1. The first-order chi connectivity index (χ1) is 10.0. The predicted octanol–water partition coefficient (Wildman–Crippen LogP) is 1.97. The van der Waals surface area contributed by atoms with Gasteiger partial charge < -0.3 is 10.6 Å². The Kier molecular flexibility index (Phi) is 3.08. The number of anilines is 2. The number of hydrogen-bond donors (Lipinski definition) is 1. The zero-order chi connectivity index (χ0) is 15.1. The maximum absolute atomic E-state index is 6.12. The van der Waals surface area contributed by atoms with Crippen molar-refractivity contribution in [3.63, 3.8) is 0 Å². The molecule has 0 radical (unpaired) electrons. The Labute approximate surface area is 123 Å². The quantitative estimate of drug-likeness (QED) is 0.798. The lowest BCUT2D eigenvalue weighted by molar-refractivity contribution is 0.751. The summed E-state index contributed by atoms with van der Waals surface area (Å²) in [6, 6.07) is 8.23. The molecule has 110 valence electrons. The summed E-state index contributed by atoms with van der Waals surface area (Å²) >= 11 is 0. The summed E-state index contributed by atoms with van der Waals surface area (Å²) in [6.45, 7) is 2.07. The zero-order valence-electron chi connectivity index (χ0n) is 12.8. The fraction of sp³-hybridized carbons (Fsp3) is 0.333. The molecule has 1 aromatic carbocycles. The van der Waals surface area contributed by atoms with Crippen molar-refractivity contribution in [2.75, 3.05) is 24.7 Å². The molecule has 0 aliphatic heterocycles. The third-order valence-electron chi connectivity index (χ3n) is 3.69. The van der Waals surface area contributed by atoms with Crippen LogP contribution in [-0.2, 0) is 13.5 Å². The average molecular weight is 284 g/mol. The minimum absolute atomic E-state index is 0.491. The van der Waals surface area contributed by atoms with Crippen LogP contribution in [0.3, 0.4) is 0 Å². The smallest absolute Gasteiger partial charge is 0.207 e. The van der Waals surface area contributed by atoms with Crippen LogP contribution in [0.5, 0.6) is 0 Å². The molecule has 3 aromatic rings. The van der Waals surface area contributed by atoms with Crippen molar-refractivity contribution < 1.29 is 0 Å². The van der Waals surface area contributed by atoms with Gasteiger partial charge in [-0.3, -0.25) is 4.57 Å². The molecule has 0 fully saturated rings. The summed E-state index contributed by atoms with van der Waals surface area (Å²) in [7, 11) is 5.97. The van der Waals surface area contributed by atoms with Crippen molar-refractivity contribution in [3.8, 4) is 5.69 Å². The van der Waals surface area contributed by atoms with E-state index in [1.807, 2.05) is 42.5 Å². The molecular formula is C15H20N6. The Morgan fingerprint density at radius 2 is 1.86 bits per heavy atom. The SMILES string of the molecule is CCc1nn(C)c2c1nc(N)n2-c1ccc(N(C)C)cc1. The first-order valence-corrected chi connectivity index (χ1v) is 7.00. The number of aryl methyl sites for hydroxylation is 2. The van der Waals surface area contributed by atoms with Gasteiger partial charge in [-0.15, -0.1) is 0 Å². The van der Waals surface area contributed by atoms with E-state index in [0.29, 0.717) is 5.95 Å². The molecule has 2 heterocycles. The lowest BCUT2D eigenvalue weighted by Gasteiger charge is -2.13. The number of aromatic nitrogens is 4. The number of nitrogen functional groups attached to an aromatic ring is 1. The van der Waals surface area contributed by atoms with Crippen molar-refractivity contribution in [1.82, 2.24) is 19.3 Å². The molecule has 0 unspecified atom stereocenters. The highest BCUT2D eigenvalue weighted by atomic mass is 15.3. The van der Waals surface area contributed by atoms with E-state index in [0.717, 1.165) is 34.7 Å². The lowest BCUT2D eigenvalue weighted by atomic mass is 10.2. The van der Waals surface area contributed by atoms with Gasteiger partial charge in [-0.25, -0.2) is 9.67 Å². The average Bonchev–Trinajstić information content (AvgIpc) is 2.95. The van der Waals surface area contributed by atoms with Crippen LogP contribution in [0, 0.1) is 0 Å². The van der Waals surface area contributed by atoms with Crippen LogP contribution in [0.4, 0.5) is 11.6 Å². The maximum Gasteiger partial charge on any atom is 0.207 e. The summed E-state index contributed by atoms with van der Waals surface area (Å²) in [6.07, 6.45) is 0.841. The third-order valence-corrected chi connectivity index (χ3v) is 3.69.